The van der Waals surface area contributed by atoms with Gasteiger partial charge in [-0.3, -0.25) is 14.2 Å². The largest absolute Gasteiger partial charge is 0.462 e. The Morgan fingerprint density at radius 3 is 2.42 bits per heavy atom. The van der Waals surface area contributed by atoms with Crippen LogP contribution < -0.4 is 5.56 Å². The predicted molar refractivity (Wildman–Crippen MR) is 119 cm³/mol. The number of nitrogens with zero attached hydrogens (tertiary/aromatic N) is 1. The van der Waals surface area contributed by atoms with Crippen molar-refractivity contribution in [2.45, 2.75) is 39.5 Å². The Labute approximate surface area is 181 Å². The summed E-state index contributed by atoms with van der Waals surface area (Å²) in [5, 5.41) is 0. The number of fused-ring (bicyclic) bond motifs is 1. The number of rotatable bonds is 4. The summed E-state index contributed by atoms with van der Waals surface area (Å²) in [4.78, 5) is 39.1. The van der Waals surface area contributed by atoms with Gasteiger partial charge >= 0.3 is 5.97 Å². The zero-order valence-electron chi connectivity index (χ0n) is 18.0. The van der Waals surface area contributed by atoms with Crippen LogP contribution in [0.15, 0.2) is 59.4 Å². The maximum Gasteiger partial charge on any atom is 0.339 e. The van der Waals surface area contributed by atoms with E-state index in [0.29, 0.717) is 23.4 Å². The second-order valence-electron chi connectivity index (χ2n) is 7.98. The second kappa shape index (κ2) is 8.34. The molecular weight excluding hydrogens is 390 g/mol. The third-order valence-corrected chi connectivity index (χ3v) is 5.98. The van der Waals surface area contributed by atoms with E-state index in [9.17, 15) is 14.4 Å². The maximum absolute atomic E-state index is 13.3. The molecule has 1 aliphatic carbocycles. The van der Waals surface area contributed by atoms with Gasteiger partial charge in [0.15, 0.2) is 5.78 Å². The zero-order chi connectivity index (χ0) is 22.1. The molecule has 4 rings (SSSR count). The van der Waals surface area contributed by atoms with Gasteiger partial charge in [-0.05, 0) is 61.9 Å². The fourth-order valence-electron chi connectivity index (χ4n) is 4.27. The summed E-state index contributed by atoms with van der Waals surface area (Å²) in [6.45, 7) is 5.87. The number of aryl methyl sites for hydroxylation is 2. The molecule has 0 bridgehead atoms. The minimum atomic E-state index is -0.630. The van der Waals surface area contributed by atoms with Crippen LogP contribution in [0.25, 0.3) is 5.69 Å². The number of aromatic nitrogens is 1. The topological polar surface area (TPSA) is 65.4 Å². The van der Waals surface area contributed by atoms with E-state index < -0.39 is 5.97 Å². The molecule has 0 aliphatic heterocycles. The van der Waals surface area contributed by atoms with E-state index >= 15 is 0 Å². The fraction of sp³-hybridized carbons (Fsp3) is 0.269. The lowest BCUT2D eigenvalue weighted by Gasteiger charge is -2.28. The van der Waals surface area contributed by atoms with Gasteiger partial charge < -0.3 is 4.74 Å². The van der Waals surface area contributed by atoms with E-state index in [1.54, 1.807) is 11.5 Å². The highest BCUT2D eigenvalue weighted by Gasteiger charge is 2.34. The van der Waals surface area contributed by atoms with Gasteiger partial charge in [-0.1, -0.05) is 36.4 Å². The first-order valence-electron chi connectivity index (χ1n) is 10.5. The van der Waals surface area contributed by atoms with Gasteiger partial charge in [-0.25, -0.2) is 4.79 Å². The lowest BCUT2D eigenvalue weighted by molar-refractivity contribution is 0.0521. The van der Waals surface area contributed by atoms with Crippen molar-refractivity contribution < 1.29 is 14.3 Å². The Bertz CT molecular complexity index is 1220. The van der Waals surface area contributed by atoms with Gasteiger partial charge in [0.25, 0.3) is 5.56 Å². The van der Waals surface area contributed by atoms with E-state index in [1.807, 2.05) is 62.4 Å². The number of hydrogen-bond acceptors (Lipinski definition) is 4. The fourth-order valence-corrected chi connectivity index (χ4v) is 4.27. The molecule has 1 heterocycles. The smallest absolute Gasteiger partial charge is 0.339 e. The number of hydrogen-bond donors (Lipinski definition) is 0. The highest BCUT2D eigenvalue weighted by molar-refractivity contribution is 6.08. The molecule has 0 saturated heterocycles. The normalized spacial score (nSPS) is 15.5. The van der Waals surface area contributed by atoms with Crippen LogP contribution in [0.5, 0.6) is 0 Å². The summed E-state index contributed by atoms with van der Waals surface area (Å²) in [5.41, 5.74) is 4.52. The monoisotopic (exact) mass is 415 g/mol. The minimum absolute atomic E-state index is 0.0594. The summed E-state index contributed by atoms with van der Waals surface area (Å²) < 4.78 is 6.73. The van der Waals surface area contributed by atoms with Crippen molar-refractivity contribution in [1.29, 1.82) is 0 Å². The Morgan fingerprint density at radius 1 is 1.00 bits per heavy atom. The number of pyridine rings is 1. The second-order valence-corrected chi connectivity index (χ2v) is 7.98. The molecule has 31 heavy (non-hydrogen) atoms. The number of Topliss-reactive ketones (excluding diaryl/α,β-unsaturated/α-hetero) is 1. The SMILES string of the molecule is CCOC(=O)c1cc(=O)n(-c2ccc(C)c(C)c2)c2c1C(=O)CC(c1ccccc1)C2. The van der Waals surface area contributed by atoms with Crippen LogP contribution in [0.2, 0.25) is 0 Å². The Kier molecular flexibility index (Phi) is 5.59. The van der Waals surface area contributed by atoms with Gasteiger partial charge in [0.2, 0.25) is 0 Å². The molecule has 0 amide bonds. The molecule has 0 N–H and O–H groups in total. The number of esters is 1. The Balaban J connectivity index is 1.96. The number of benzene rings is 2. The molecule has 1 unspecified atom stereocenters. The average Bonchev–Trinajstić information content (AvgIpc) is 2.76. The maximum atomic E-state index is 13.3. The molecule has 158 valence electrons. The highest BCUT2D eigenvalue weighted by Crippen LogP contribution is 2.35. The number of carbonyl (C=O) groups is 2. The molecule has 0 radical (unpaired) electrons. The molecule has 5 nitrogen and oxygen atoms in total. The van der Waals surface area contributed by atoms with Crippen LogP contribution in [0.1, 0.15) is 62.4 Å². The van der Waals surface area contributed by atoms with Crippen LogP contribution in [0.3, 0.4) is 0 Å². The third-order valence-electron chi connectivity index (χ3n) is 5.98. The first-order valence-corrected chi connectivity index (χ1v) is 10.5. The first kappa shape index (κ1) is 20.8. The summed E-state index contributed by atoms with van der Waals surface area (Å²) in [5.74, 6) is -0.832. The summed E-state index contributed by atoms with van der Waals surface area (Å²) >= 11 is 0. The van der Waals surface area contributed by atoms with E-state index in [-0.39, 0.29) is 35.9 Å². The lowest BCUT2D eigenvalue weighted by Crippen LogP contribution is -2.33. The van der Waals surface area contributed by atoms with Crippen LogP contribution in [-0.2, 0) is 11.2 Å². The number of ketones is 1. The van der Waals surface area contributed by atoms with Gasteiger partial charge in [0, 0.05) is 23.9 Å². The summed E-state index contributed by atoms with van der Waals surface area (Å²) in [6, 6.07) is 16.8. The molecule has 2 aromatic carbocycles. The number of ether oxygens (including phenoxy) is 1. The molecule has 0 saturated carbocycles. The molecule has 5 heteroatoms. The van der Waals surface area contributed by atoms with Crippen molar-refractivity contribution in [2.75, 3.05) is 6.61 Å². The van der Waals surface area contributed by atoms with Gasteiger partial charge in [0.1, 0.15) is 0 Å². The van der Waals surface area contributed by atoms with Gasteiger partial charge in [0.05, 0.1) is 17.7 Å². The molecule has 1 aromatic heterocycles. The van der Waals surface area contributed by atoms with Crippen molar-refractivity contribution in [1.82, 2.24) is 4.57 Å². The molecule has 1 atom stereocenters. The molecule has 0 fully saturated rings. The van der Waals surface area contributed by atoms with Crippen LogP contribution in [0, 0.1) is 13.8 Å². The van der Waals surface area contributed by atoms with Crippen molar-refractivity contribution >= 4 is 11.8 Å². The summed E-state index contributed by atoms with van der Waals surface area (Å²) in [6.07, 6.45) is 0.773. The molecule has 3 aromatic rings. The average molecular weight is 415 g/mol. The molecule has 0 spiro atoms. The van der Waals surface area contributed by atoms with Crippen molar-refractivity contribution in [2.24, 2.45) is 0 Å². The van der Waals surface area contributed by atoms with Crippen molar-refractivity contribution in [3.05, 3.63) is 98.5 Å². The van der Waals surface area contributed by atoms with Gasteiger partial charge in [-0.2, -0.15) is 0 Å². The predicted octanol–water partition coefficient (Wildman–Crippen LogP) is 4.54. The number of carbonyl (C=O) groups excluding carboxylic acids is 2. The van der Waals surface area contributed by atoms with Crippen LogP contribution >= 0.6 is 0 Å². The van der Waals surface area contributed by atoms with E-state index in [0.717, 1.165) is 16.7 Å². The molecular formula is C26H25NO4. The summed E-state index contributed by atoms with van der Waals surface area (Å²) in [7, 11) is 0. The van der Waals surface area contributed by atoms with E-state index in [4.69, 9.17) is 4.74 Å². The third kappa shape index (κ3) is 3.83. The molecule has 1 aliphatic rings. The standard InChI is InChI=1S/C26H25NO4/c1-4-31-26(30)21-15-24(29)27(20-11-10-16(2)17(3)12-20)22-13-19(14-23(28)25(21)22)18-8-6-5-7-9-18/h5-12,15,19H,4,13-14H2,1-3H3. The lowest BCUT2D eigenvalue weighted by atomic mass is 9.80. The Morgan fingerprint density at radius 2 is 1.74 bits per heavy atom. The van der Waals surface area contributed by atoms with Crippen molar-refractivity contribution in [3.63, 3.8) is 0 Å². The van der Waals surface area contributed by atoms with Crippen LogP contribution in [0.4, 0.5) is 0 Å². The minimum Gasteiger partial charge on any atom is -0.462 e. The Hall–Kier alpha value is -3.47. The van der Waals surface area contributed by atoms with Crippen molar-refractivity contribution in [3.8, 4) is 5.69 Å². The van der Waals surface area contributed by atoms with E-state index in [2.05, 4.69) is 0 Å². The van der Waals surface area contributed by atoms with E-state index in [1.165, 1.54) is 6.07 Å². The quantitative estimate of drug-likeness (QED) is 0.587. The van der Waals surface area contributed by atoms with Gasteiger partial charge in [-0.15, -0.1) is 0 Å². The highest BCUT2D eigenvalue weighted by atomic mass is 16.5. The van der Waals surface area contributed by atoms with Crippen LogP contribution in [-0.4, -0.2) is 22.9 Å². The zero-order valence-corrected chi connectivity index (χ0v) is 18.0. The first-order chi connectivity index (χ1) is 14.9.